The normalized spacial score (nSPS) is 16.3. The van der Waals surface area contributed by atoms with E-state index in [1.54, 1.807) is 6.08 Å². The minimum absolute atomic E-state index is 0.0632. The Kier molecular flexibility index (Phi) is 4.31. The molecule has 0 N–H and O–H groups in total. The van der Waals surface area contributed by atoms with Crippen LogP contribution in [-0.2, 0) is 9.59 Å². The summed E-state index contributed by atoms with van der Waals surface area (Å²) in [7, 11) is 0. The van der Waals surface area contributed by atoms with Gasteiger partial charge in [0.1, 0.15) is 0 Å². The molecule has 0 spiro atoms. The lowest BCUT2D eigenvalue weighted by atomic mass is 10.1. The second-order valence-corrected chi connectivity index (χ2v) is 5.14. The minimum Gasteiger partial charge on any atom is -0.279 e. The Morgan fingerprint density at radius 3 is 2.61 bits per heavy atom. The number of imide groups is 1. The molecule has 1 aliphatic heterocycles. The largest absolute Gasteiger partial charge is 0.279 e. The maximum absolute atomic E-state index is 11.9. The SMILES string of the molecule is O=C(/C=C/c1ccc(Br)cc1)N1CCCCC1=O. The van der Waals surface area contributed by atoms with Gasteiger partial charge in [-0.1, -0.05) is 28.1 Å². The van der Waals surface area contributed by atoms with Crippen molar-refractivity contribution < 1.29 is 9.59 Å². The predicted molar refractivity (Wildman–Crippen MR) is 73.7 cm³/mol. The van der Waals surface area contributed by atoms with Crippen LogP contribution in [0.5, 0.6) is 0 Å². The second kappa shape index (κ2) is 5.96. The number of piperidine rings is 1. The van der Waals surface area contributed by atoms with Crippen molar-refractivity contribution in [3.8, 4) is 0 Å². The molecule has 0 atom stereocenters. The van der Waals surface area contributed by atoms with Crippen LogP contribution in [0.25, 0.3) is 6.08 Å². The monoisotopic (exact) mass is 307 g/mol. The van der Waals surface area contributed by atoms with Crippen LogP contribution in [-0.4, -0.2) is 23.3 Å². The summed E-state index contributed by atoms with van der Waals surface area (Å²) in [6.07, 6.45) is 5.48. The Balaban J connectivity index is 2.02. The summed E-state index contributed by atoms with van der Waals surface area (Å²) in [4.78, 5) is 24.7. The van der Waals surface area contributed by atoms with Crippen molar-refractivity contribution in [2.24, 2.45) is 0 Å². The van der Waals surface area contributed by atoms with Crippen LogP contribution in [0.4, 0.5) is 0 Å². The van der Waals surface area contributed by atoms with E-state index in [2.05, 4.69) is 15.9 Å². The highest BCUT2D eigenvalue weighted by atomic mass is 79.9. The minimum atomic E-state index is -0.220. The van der Waals surface area contributed by atoms with Gasteiger partial charge >= 0.3 is 0 Å². The molecular weight excluding hydrogens is 294 g/mol. The van der Waals surface area contributed by atoms with E-state index in [9.17, 15) is 9.59 Å². The molecule has 18 heavy (non-hydrogen) atoms. The lowest BCUT2D eigenvalue weighted by Crippen LogP contribution is -2.39. The molecular formula is C14H14BrNO2. The average Bonchev–Trinajstić information content (AvgIpc) is 2.38. The number of halogens is 1. The smallest absolute Gasteiger partial charge is 0.253 e. The molecule has 0 unspecified atom stereocenters. The van der Waals surface area contributed by atoms with Gasteiger partial charge in [0, 0.05) is 23.5 Å². The van der Waals surface area contributed by atoms with E-state index in [1.807, 2.05) is 24.3 Å². The van der Waals surface area contributed by atoms with Gasteiger partial charge in [-0.05, 0) is 36.6 Å². The van der Waals surface area contributed by atoms with Crippen LogP contribution >= 0.6 is 15.9 Å². The van der Waals surface area contributed by atoms with Crippen molar-refractivity contribution in [2.75, 3.05) is 6.54 Å². The standard InChI is InChI=1S/C14H14BrNO2/c15-12-7-4-11(5-8-12)6-9-14(18)16-10-2-1-3-13(16)17/h4-9H,1-3,10H2/b9-6+. The molecule has 0 aromatic heterocycles. The first-order valence-corrected chi connectivity index (χ1v) is 6.74. The van der Waals surface area contributed by atoms with E-state index >= 15 is 0 Å². The first-order chi connectivity index (χ1) is 8.66. The number of likely N-dealkylation sites (tertiary alicyclic amines) is 1. The fourth-order valence-corrected chi connectivity index (χ4v) is 2.13. The Morgan fingerprint density at radius 1 is 1.22 bits per heavy atom. The Morgan fingerprint density at radius 2 is 1.94 bits per heavy atom. The molecule has 3 nitrogen and oxygen atoms in total. The van der Waals surface area contributed by atoms with Gasteiger partial charge in [0.15, 0.2) is 0 Å². The quantitative estimate of drug-likeness (QED) is 0.788. The van der Waals surface area contributed by atoms with Crippen LogP contribution in [0.2, 0.25) is 0 Å². The van der Waals surface area contributed by atoms with Crippen LogP contribution in [0.15, 0.2) is 34.8 Å². The second-order valence-electron chi connectivity index (χ2n) is 4.23. The summed E-state index contributed by atoms with van der Waals surface area (Å²) < 4.78 is 0.997. The Bertz CT molecular complexity index is 479. The summed E-state index contributed by atoms with van der Waals surface area (Å²) in [6, 6.07) is 7.64. The van der Waals surface area contributed by atoms with Crippen LogP contribution < -0.4 is 0 Å². The molecule has 94 valence electrons. The van der Waals surface area contributed by atoms with Crippen LogP contribution in [0.1, 0.15) is 24.8 Å². The number of rotatable bonds is 2. The maximum Gasteiger partial charge on any atom is 0.253 e. The zero-order chi connectivity index (χ0) is 13.0. The fraction of sp³-hybridized carbons (Fsp3) is 0.286. The van der Waals surface area contributed by atoms with Crippen LogP contribution in [0, 0.1) is 0 Å². The molecule has 1 saturated heterocycles. The molecule has 0 bridgehead atoms. The molecule has 0 radical (unpaired) electrons. The van der Waals surface area contributed by atoms with E-state index in [1.165, 1.54) is 11.0 Å². The lowest BCUT2D eigenvalue weighted by Gasteiger charge is -2.23. The van der Waals surface area contributed by atoms with Crippen molar-refractivity contribution in [1.82, 2.24) is 4.90 Å². The highest BCUT2D eigenvalue weighted by molar-refractivity contribution is 9.10. The van der Waals surface area contributed by atoms with Crippen molar-refractivity contribution in [1.29, 1.82) is 0 Å². The first-order valence-electron chi connectivity index (χ1n) is 5.95. The Labute approximate surface area is 115 Å². The third-order valence-electron chi connectivity index (χ3n) is 2.88. The average molecular weight is 308 g/mol. The van der Waals surface area contributed by atoms with Crippen LogP contribution in [0.3, 0.4) is 0 Å². The molecule has 2 amide bonds. The molecule has 1 heterocycles. The molecule has 1 aromatic rings. The maximum atomic E-state index is 11.9. The van der Waals surface area contributed by atoms with Crippen molar-refractivity contribution in [2.45, 2.75) is 19.3 Å². The van der Waals surface area contributed by atoms with Gasteiger partial charge in [-0.2, -0.15) is 0 Å². The van der Waals surface area contributed by atoms with Crippen molar-refractivity contribution in [3.05, 3.63) is 40.4 Å². The Hall–Kier alpha value is -1.42. The summed E-state index contributed by atoms with van der Waals surface area (Å²) >= 11 is 3.35. The summed E-state index contributed by atoms with van der Waals surface area (Å²) in [6.45, 7) is 0.544. The third kappa shape index (κ3) is 3.29. The number of carbonyl (C=O) groups excluding carboxylic acids is 2. The summed E-state index contributed by atoms with van der Waals surface area (Å²) in [5.74, 6) is -0.283. The van der Waals surface area contributed by atoms with Gasteiger partial charge in [0.2, 0.25) is 5.91 Å². The lowest BCUT2D eigenvalue weighted by molar-refractivity contribution is -0.143. The van der Waals surface area contributed by atoms with E-state index in [0.717, 1.165) is 22.9 Å². The topological polar surface area (TPSA) is 37.4 Å². The van der Waals surface area contributed by atoms with Gasteiger partial charge in [-0.3, -0.25) is 14.5 Å². The van der Waals surface area contributed by atoms with Gasteiger partial charge in [-0.25, -0.2) is 0 Å². The molecule has 0 saturated carbocycles. The molecule has 0 aliphatic carbocycles. The third-order valence-corrected chi connectivity index (χ3v) is 3.41. The first kappa shape index (κ1) is 13.0. The van der Waals surface area contributed by atoms with E-state index in [0.29, 0.717) is 13.0 Å². The number of hydrogen-bond donors (Lipinski definition) is 0. The summed E-state index contributed by atoms with van der Waals surface area (Å²) in [5.41, 5.74) is 0.941. The molecule has 1 fully saturated rings. The van der Waals surface area contributed by atoms with Crippen molar-refractivity contribution in [3.63, 3.8) is 0 Å². The molecule has 1 aliphatic rings. The summed E-state index contributed by atoms with van der Waals surface area (Å²) in [5, 5.41) is 0. The van der Waals surface area contributed by atoms with Gasteiger partial charge in [0.05, 0.1) is 0 Å². The molecule has 2 rings (SSSR count). The van der Waals surface area contributed by atoms with Gasteiger partial charge < -0.3 is 0 Å². The van der Waals surface area contributed by atoms with E-state index in [-0.39, 0.29) is 11.8 Å². The predicted octanol–water partition coefficient (Wildman–Crippen LogP) is 3.00. The molecule has 4 heteroatoms. The number of hydrogen-bond acceptors (Lipinski definition) is 2. The number of nitrogens with zero attached hydrogens (tertiary/aromatic N) is 1. The van der Waals surface area contributed by atoms with Gasteiger partial charge in [0.25, 0.3) is 5.91 Å². The zero-order valence-electron chi connectivity index (χ0n) is 9.93. The highest BCUT2D eigenvalue weighted by Gasteiger charge is 2.22. The van der Waals surface area contributed by atoms with E-state index < -0.39 is 0 Å². The number of benzene rings is 1. The zero-order valence-corrected chi connectivity index (χ0v) is 11.5. The number of amides is 2. The van der Waals surface area contributed by atoms with E-state index in [4.69, 9.17) is 0 Å². The number of carbonyl (C=O) groups is 2. The van der Waals surface area contributed by atoms with Gasteiger partial charge in [-0.15, -0.1) is 0 Å². The highest BCUT2D eigenvalue weighted by Crippen LogP contribution is 2.13. The fourth-order valence-electron chi connectivity index (χ4n) is 1.87. The van der Waals surface area contributed by atoms with Crippen molar-refractivity contribution >= 4 is 33.8 Å². The molecule has 1 aromatic carbocycles.